The van der Waals surface area contributed by atoms with Crippen LogP contribution in [0.1, 0.15) is 0 Å². The third-order valence-electron chi connectivity index (χ3n) is 2.26. The Morgan fingerprint density at radius 3 is 1.67 bits per heavy atom. The molecule has 0 spiro atoms. The lowest BCUT2D eigenvalue weighted by atomic mass is 10.4. The van der Waals surface area contributed by atoms with Crippen LogP contribution in [-0.4, -0.2) is 15.8 Å². The minimum absolute atomic E-state index is 0.579. The number of nitrogens with zero attached hydrogens (tertiary/aromatic N) is 1. The molecule has 0 saturated carbocycles. The van der Waals surface area contributed by atoms with Crippen molar-refractivity contribution in [1.29, 1.82) is 0 Å². The molecule has 0 heterocycles. The van der Waals surface area contributed by atoms with Gasteiger partial charge in [-0.15, -0.1) is 0 Å². The summed E-state index contributed by atoms with van der Waals surface area (Å²) in [5.74, 6) is 0. The molecule has 0 aromatic heterocycles. The van der Waals surface area contributed by atoms with Crippen molar-refractivity contribution >= 4 is 36.0 Å². The van der Waals surface area contributed by atoms with Gasteiger partial charge in [-0.25, -0.2) is 9.59 Å². The number of carbonyl (C=O) groups excluding carboxylic acids is 2. The molecule has 5 nitrogen and oxygen atoms in total. The number of hydrogen-bond acceptors (Lipinski definition) is 4. The Bertz CT molecular complexity index is 567. The van der Waals surface area contributed by atoms with E-state index in [1.165, 1.54) is 27.6 Å². The van der Waals surface area contributed by atoms with E-state index in [4.69, 9.17) is 5.73 Å². The summed E-state index contributed by atoms with van der Waals surface area (Å²) in [7, 11) is 0. The van der Waals surface area contributed by atoms with Crippen LogP contribution in [0.2, 0.25) is 0 Å². The molecule has 2 aromatic carbocycles. The van der Waals surface area contributed by atoms with Gasteiger partial charge in [-0.2, -0.15) is 3.71 Å². The normalized spacial score (nSPS) is 9.90. The minimum atomic E-state index is -0.882. The first-order valence-electron chi connectivity index (χ1n) is 6.02. The van der Waals surface area contributed by atoms with E-state index < -0.39 is 12.1 Å². The lowest BCUT2D eigenvalue weighted by molar-refractivity contribution is 0.230. The molecule has 0 aliphatic heterocycles. The molecule has 0 bridgehead atoms. The number of hydrogen-bond donors (Lipinski definition) is 2. The molecular weight excluding hydrogens is 306 g/mol. The second kappa shape index (κ2) is 7.61. The maximum Gasteiger partial charge on any atom is 0.346 e. The van der Waals surface area contributed by atoms with E-state index in [0.29, 0.717) is 0 Å². The van der Waals surface area contributed by atoms with Gasteiger partial charge in [-0.3, -0.25) is 5.32 Å². The maximum absolute atomic E-state index is 12.0. The minimum Gasteiger partial charge on any atom is -0.351 e. The van der Waals surface area contributed by atoms with Gasteiger partial charge in [-0.05, 0) is 24.3 Å². The van der Waals surface area contributed by atoms with Gasteiger partial charge < -0.3 is 5.73 Å². The highest BCUT2D eigenvalue weighted by Gasteiger charge is 2.18. The first kappa shape index (κ1) is 15.3. The van der Waals surface area contributed by atoms with Gasteiger partial charge >= 0.3 is 12.1 Å². The summed E-state index contributed by atoms with van der Waals surface area (Å²) in [6, 6.07) is 17.3. The molecule has 4 amide bonds. The quantitative estimate of drug-likeness (QED) is 0.846. The Morgan fingerprint density at radius 1 is 0.857 bits per heavy atom. The molecule has 21 heavy (non-hydrogen) atoms. The van der Waals surface area contributed by atoms with Crippen LogP contribution in [0.25, 0.3) is 0 Å². The van der Waals surface area contributed by atoms with Crippen molar-refractivity contribution in [3.05, 3.63) is 60.7 Å². The summed E-state index contributed by atoms with van der Waals surface area (Å²) < 4.78 is 1.37. The molecule has 3 N–H and O–H groups in total. The van der Waals surface area contributed by atoms with Crippen LogP contribution in [0.5, 0.6) is 0 Å². The van der Waals surface area contributed by atoms with Crippen LogP contribution in [0.3, 0.4) is 0 Å². The molecule has 0 unspecified atom stereocenters. The van der Waals surface area contributed by atoms with E-state index in [2.05, 4.69) is 5.32 Å². The zero-order valence-electron chi connectivity index (χ0n) is 10.9. The molecule has 0 fully saturated rings. The fourth-order valence-corrected chi connectivity index (χ4v) is 3.27. The van der Waals surface area contributed by atoms with Crippen LogP contribution in [0.15, 0.2) is 70.5 Å². The van der Waals surface area contributed by atoms with E-state index in [0.717, 1.165) is 9.79 Å². The van der Waals surface area contributed by atoms with Crippen molar-refractivity contribution in [2.24, 2.45) is 5.73 Å². The van der Waals surface area contributed by atoms with Crippen LogP contribution in [0, 0.1) is 0 Å². The number of nitrogens with one attached hydrogen (secondary N) is 1. The predicted octanol–water partition coefficient (Wildman–Crippen LogP) is 3.49. The number of imide groups is 1. The number of amides is 4. The van der Waals surface area contributed by atoms with Crippen LogP contribution in [-0.2, 0) is 0 Å². The van der Waals surface area contributed by atoms with Crippen molar-refractivity contribution in [3.8, 4) is 0 Å². The van der Waals surface area contributed by atoms with E-state index in [9.17, 15) is 9.59 Å². The second-order valence-corrected chi connectivity index (χ2v) is 6.13. The highest BCUT2D eigenvalue weighted by molar-refractivity contribution is 8.12. The van der Waals surface area contributed by atoms with Crippen LogP contribution < -0.4 is 11.1 Å². The van der Waals surface area contributed by atoms with Gasteiger partial charge in [0.25, 0.3) is 0 Å². The lowest BCUT2D eigenvalue weighted by Crippen LogP contribution is -2.39. The molecule has 0 aliphatic carbocycles. The lowest BCUT2D eigenvalue weighted by Gasteiger charge is -2.19. The monoisotopic (exact) mass is 319 g/mol. The first-order chi connectivity index (χ1) is 10.1. The molecule has 7 heteroatoms. The predicted molar refractivity (Wildman–Crippen MR) is 84.6 cm³/mol. The zero-order chi connectivity index (χ0) is 15.1. The molecule has 108 valence electrons. The zero-order valence-corrected chi connectivity index (χ0v) is 12.6. The number of primary amides is 1. The number of rotatable bonds is 4. The van der Waals surface area contributed by atoms with Crippen LogP contribution >= 0.6 is 23.9 Å². The summed E-state index contributed by atoms with van der Waals surface area (Å²) in [5, 5.41) is 2.07. The third-order valence-corrected chi connectivity index (χ3v) is 4.34. The molecule has 0 atom stereocenters. The van der Waals surface area contributed by atoms with E-state index >= 15 is 0 Å². The second-order valence-electron chi connectivity index (χ2n) is 3.86. The molecule has 0 radical (unpaired) electrons. The average molecular weight is 319 g/mol. The maximum atomic E-state index is 12.0. The SMILES string of the molecule is NC(=O)NC(=O)N(Sc1ccccc1)Sc1ccccc1. The van der Waals surface area contributed by atoms with E-state index in [1.54, 1.807) is 0 Å². The number of nitrogens with two attached hydrogens (primary N) is 1. The Hall–Kier alpha value is -2.12. The summed E-state index contributed by atoms with van der Waals surface area (Å²) in [6.07, 6.45) is 0. The number of benzene rings is 2. The Balaban J connectivity index is 2.13. The van der Waals surface area contributed by atoms with Crippen molar-refractivity contribution in [2.75, 3.05) is 0 Å². The van der Waals surface area contributed by atoms with Gasteiger partial charge in [0, 0.05) is 33.7 Å². The standard InChI is InChI=1S/C14H13N3O2S2/c15-13(18)16-14(19)17(20-11-7-3-1-4-8-11)21-12-9-5-2-6-10-12/h1-10H,(H3,15,16,18,19). The van der Waals surface area contributed by atoms with Gasteiger partial charge in [0.05, 0.1) is 0 Å². The highest BCUT2D eigenvalue weighted by Crippen LogP contribution is 2.33. The van der Waals surface area contributed by atoms with Crippen molar-refractivity contribution in [1.82, 2.24) is 9.03 Å². The molecule has 2 rings (SSSR count). The fraction of sp³-hybridized carbons (Fsp3) is 0. The van der Waals surface area contributed by atoms with E-state index in [-0.39, 0.29) is 0 Å². The van der Waals surface area contributed by atoms with Gasteiger partial charge in [0.2, 0.25) is 0 Å². The number of urea groups is 2. The topological polar surface area (TPSA) is 75.4 Å². The van der Waals surface area contributed by atoms with Gasteiger partial charge in [0.15, 0.2) is 0 Å². The molecule has 0 saturated heterocycles. The fourth-order valence-electron chi connectivity index (χ4n) is 1.41. The average Bonchev–Trinajstić information content (AvgIpc) is 2.48. The summed E-state index contributed by atoms with van der Waals surface area (Å²) >= 11 is 2.42. The summed E-state index contributed by atoms with van der Waals surface area (Å²) in [6.45, 7) is 0. The largest absolute Gasteiger partial charge is 0.351 e. The Morgan fingerprint density at radius 2 is 1.29 bits per heavy atom. The summed E-state index contributed by atoms with van der Waals surface area (Å²) in [5.41, 5.74) is 5.00. The summed E-state index contributed by atoms with van der Waals surface area (Å²) in [4.78, 5) is 24.6. The first-order valence-corrected chi connectivity index (χ1v) is 7.56. The van der Waals surface area contributed by atoms with Crippen molar-refractivity contribution in [2.45, 2.75) is 9.79 Å². The molecule has 0 aliphatic rings. The molecular formula is C14H13N3O2S2. The smallest absolute Gasteiger partial charge is 0.346 e. The van der Waals surface area contributed by atoms with Gasteiger partial charge in [-0.1, -0.05) is 36.4 Å². The molecule has 2 aromatic rings. The van der Waals surface area contributed by atoms with Crippen molar-refractivity contribution in [3.63, 3.8) is 0 Å². The van der Waals surface area contributed by atoms with Gasteiger partial charge in [0.1, 0.15) is 0 Å². The number of carbonyl (C=O) groups is 2. The Kier molecular flexibility index (Phi) is 5.53. The van der Waals surface area contributed by atoms with E-state index in [1.807, 2.05) is 60.7 Å². The van der Waals surface area contributed by atoms with Crippen LogP contribution in [0.4, 0.5) is 9.59 Å². The van der Waals surface area contributed by atoms with Crippen molar-refractivity contribution < 1.29 is 9.59 Å². The Labute approximate surface area is 131 Å². The highest BCUT2D eigenvalue weighted by atomic mass is 32.2. The third kappa shape index (κ3) is 5.05.